The van der Waals surface area contributed by atoms with E-state index in [0.717, 1.165) is 30.2 Å². The van der Waals surface area contributed by atoms with Gasteiger partial charge in [0.1, 0.15) is 0 Å². The van der Waals surface area contributed by atoms with Gasteiger partial charge in [0.2, 0.25) is 15.9 Å². The maximum Gasteiger partial charge on any atom is 0.251 e. The lowest BCUT2D eigenvalue weighted by molar-refractivity contribution is -0.122. The largest absolute Gasteiger partial charge is 0.354 e. The van der Waals surface area contributed by atoms with Crippen LogP contribution in [-0.4, -0.2) is 63.3 Å². The minimum absolute atomic E-state index is 0. The Hall–Kier alpha value is -1.68. The Morgan fingerprint density at radius 2 is 1.92 bits per heavy atom. The molecule has 1 atom stereocenters. The standard InChI is InChI=1S/C16H22N4O4S.ClH/c21-15-11-20(9-8-18-15)25(23,24)14-5-3-12(4-6-14)16(22)19-13-2-1-7-17-10-13;/h3-6,13,17H,1-2,7-11H2,(H,18,21)(H,19,22);1H. The maximum atomic E-state index is 12.6. The highest BCUT2D eigenvalue weighted by Crippen LogP contribution is 2.17. The predicted molar refractivity (Wildman–Crippen MR) is 98.8 cm³/mol. The third-order valence-electron chi connectivity index (χ3n) is 4.39. The van der Waals surface area contributed by atoms with Crippen LogP contribution in [0.5, 0.6) is 0 Å². The zero-order valence-electron chi connectivity index (χ0n) is 14.2. The molecular formula is C16H23ClN4O4S. The SMILES string of the molecule is Cl.O=C1CN(S(=O)(=O)c2ccc(C(=O)NC3CCCNC3)cc2)CCN1. The molecule has 2 amide bonds. The summed E-state index contributed by atoms with van der Waals surface area (Å²) in [7, 11) is -3.73. The molecule has 3 N–H and O–H groups in total. The van der Waals surface area contributed by atoms with Gasteiger partial charge in [-0.2, -0.15) is 4.31 Å². The topological polar surface area (TPSA) is 108 Å². The van der Waals surface area contributed by atoms with E-state index in [9.17, 15) is 18.0 Å². The van der Waals surface area contributed by atoms with Gasteiger partial charge in [-0.25, -0.2) is 8.42 Å². The summed E-state index contributed by atoms with van der Waals surface area (Å²) in [5.41, 5.74) is 0.418. The van der Waals surface area contributed by atoms with E-state index in [-0.39, 0.29) is 48.2 Å². The normalized spacial score (nSPS) is 21.4. The van der Waals surface area contributed by atoms with E-state index in [1.165, 1.54) is 24.3 Å². The van der Waals surface area contributed by atoms with Crippen molar-refractivity contribution in [3.05, 3.63) is 29.8 Å². The van der Waals surface area contributed by atoms with Crippen LogP contribution >= 0.6 is 12.4 Å². The lowest BCUT2D eigenvalue weighted by atomic mass is 10.1. The Morgan fingerprint density at radius 3 is 2.54 bits per heavy atom. The number of carbonyl (C=O) groups is 2. The number of rotatable bonds is 4. The van der Waals surface area contributed by atoms with Crippen LogP contribution in [0.3, 0.4) is 0 Å². The fraction of sp³-hybridized carbons (Fsp3) is 0.500. The minimum atomic E-state index is -3.73. The molecule has 2 saturated heterocycles. The van der Waals surface area contributed by atoms with Crippen molar-refractivity contribution >= 4 is 34.2 Å². The van der Waals surface area contributed by atoms with E-state index < -0.39 is 10.0 Å². The van der Waals surface area contributed by atoms with Crippen LogP contribution in [0.15, 0.2) is 29.2 Å². The van der Waals surface area contributed by atoms with Crippen molar-refractivity contribution in [2.45, 2.75) is 23.8 Å². The van der Waals surface area contributed by atoms with Crippen LogP contribution in [-0.2, 0) is 14.8 Å². The molecule has 0 bridgehead atoms. The summed E-state index contributed by atoms with van der Waals surface area (Å²) >= 11 is 0. The van der Waals surface area contributed by atoms with Gasteiger partial charge in [0.25, 0.3) is 5.91 Å². The molecule has 1 aromatic rings. The average Bonchev–Trinajstić information content (AvgIpc) is 2.62. The number of hydrogen-bond acceptors (Lipinski definition) is 5. The molecule has 0 spiro atoms. The van der Waals surface area contributed by atoms with Crippen molar-refractivity contribution in [3.63, 3.8) is 0 Å². The van der Waals surface area contributed by atoms with Crippen LogP contribution < -0.4 is 16.0 Å². The van der Waals surface area contributed by atoms with Gasteiger partial charge in [-0.1, -0.05) is 0 Å². The fourth-order valence-corrected chi connectivity index (χ4v) is 4.39. The second-order valence-corrected chi connectivity index (χ2v) is 8.17. The summed E-state index contributed by atoms with van der Waals surface area (Å²) in [6.07, 6.45) is 1.95. The Labute approximate surface area is 159 Å². The number of piperazine rings is 1. The van der Waals surface area contributed by atoms with E-state index >= 15 is 0 Å². The molecule has 26 heavy (non-hydrogen) atoms. The highest BCUT2D eigenvalue weighted by molar-refractivity contribution is 7.89. The lowest BCUT2D eigenvalue weighted by Crippen LogP contribution is -2.49. The molecule has 10 heteroatoms. The third-order valence-corrected chi connectivity index (χ3v) is 6.25. The van der Waals surface area contributed by atoms with Gasteiger partial charge in [0.15, 0.2) is 0 Å². The van der Waals surface area contributed by atoms with Gasteiger partial charge in [-0.3, -0.25) is 9.59 Å². The van der Waals surface area contributed by atoms with Crippen LogP contribution in [0.1, 0.15) is 23.2 Å². The summed E-state index contributed by atoms with van der Waals surface area (Å²) < 4.78 is 26.3. The second kappa shape index (κ2) is 8.81. The molecule has 2 heterocycles. The van der Waals surface area contributed by atoms with E-state index in [1.54, 1.807) is 0 Å². The van der Waals surface area contributed by atoms with Gasteiger partial charge >= 0.3 is 0 Å². The Bertz CT molecular complexity index is 748. The number of hydrogen-bond donors (Lipinski definition) is 3. The number of nitrogens with one attached hydrogen (secondary N) is 3. The van der Waals surface area contributed by atoms with Crippen molar-refractivity contribution in [1.29, 1.82) is 0 Å². The van der Waals surface area contributed by atoms with Crippen LogP contribution in [0, 0.1) is 0 Å². The summed E-state index contributed by atoms with van der Waals surface area (Å²) in [6.45, 7) is 2.07. The highest BCUT2D eigenvalue weighted by atomic mass is 35.5. The van der Waals surface area contributed by atoms with Crippen molar-refractivity contribution in [1.82, 2.24) is 20.3 Å². The van der Waals surface area contributed by atoms with Crippen LogP contribution in [0.2, 0.25) is 0 Å². The first-order valence-electron chi connectivity index (χ1n) is 8.35. The van der Waals surface area contributed by atoms with Gasteiger partial charge in [0, 0.05) is 31.2 Å². The number of piperidine rings is 1. The average molecular weight is 403 g/mol. The van der Waals surface area contributed by atoms with E-state index in [0.29, 0.717) is 12.1 Å². The van der Waals surface area contributed by atoms with Gasteiger partial charge < -0.3 is 16.0 Å². The summed E-state index contributed by atoms with van der Waals surface area (Å²) in [4.78, 5) is 23.8. The molecule has 0 radical (unpaired) electrons. The minimum Gasteiger partial charge on any atom is -0.354 e. The molecule has 0 aliphatic carbocycles. The number of halogens is 1. The van der Waals surface area contributed by atoms with Crippen molar-refractivity contribution in [2.24, 2.45) is 0 Å². The molecule has 2 fully saturated rings. The smallest absolute Gasteiger partial charge is 0.251 e. The summed E-state index contributed by atoms with van der Waals surface area (Å²) in [5, 5.41) is 8.77. The molecule has 144 valence electrons. The van der Waals surface area contributed by atoms with Crippen LogP contribution in [0.4, 0.5) is 0 Å². The molecule has 1 unspecified atom stereocenters. The predicted octanol–water partition coefficient (Wildman–Crippen LogP) is -0.289. The lowest BCUT2D eigenvalue weighted by Gasteiger charge is -2.26. The summed E-state index contributed by atoms with van der Waals surface area (Å²) in [5.74, 6) is -0.526. The Morgan fingerprint density at radius 1 is 1.19 bits per heavy atom. The highest BCUT2D eigenvalue weighted by Gasteiger charge is 2.29. The molecule has 3 rings (SSSR count). The number of benzene rings is 1. The van der Waals surface area contributed by atoms with E-state index in [2.05, 4.69) is 16.0 Å². The first kappa shape index (κ1) is 20.6. The first-order valence-corrected chi connectivity index (χ1v) is 9.79. The van der Waals surface area contributed by atoms with Gasteiger partial charge in [-0.05, 0) is 43.7 Å². The fourth-order valence-electron chi connectivity index (χ4n) is 2.99. The zero-order chi connectivity index (χ0) is 17.9. The second-order valence-electron chi connectivity index (χ2n) is 6.23. The quantitative estimate of drug-likeness (QED) is 0.641. The zero-order valence-corrected chi connectivity index (χ0v) is 15.9. The molecular weight excluding hydrogens is 380 g/mol. The number of sulfonamides is 1. The monoisotopic (exact) mass is 402 g/mol. The molecule has 1 aromatic carbocycles. The van der Waals surface area contributed by atoms with Crippen molar-refractivity contribution in [3.8, 4) is 0 Å². The van der Waals surface area contributed by atoms with E-state index in [1.807, 2.05) is 0 Å². The molecule has 0 aromatic heterocycles. The van der Waals surface area contributed by atoms with Crippen molar-refractivity contribution < 1.29 is 18.0 Å². The molecule has 8 nitrogen and oxygen atoms in total. The Balaban J connectivity index is 0.00000243. The van der Waals surface area contributed by atoms with E-state index in [4.69, 9.17) is 0 Å². The number of nitrogens with zero attached hydrogens (tertiary/aromatic N) is 1. The summed E-state index contributed by atoms with van der Waals surface area (Å²) in [6, 6.07) is 5.92. The number of amides is 2. The molecule has 2 aliphatic heterocycles. The molecule has 2 aliphatic rings. The van der Waals surface area contributed by atoms with Gasteiger partial charge in [0.05, 0.1) is 11.4 Å². The van der Waals surface area contributed by atoms with Crippen LogP contribution in [0.25, 0.3) is 0 Å². The Kier molecular flexibility index (Phi) is 6.99. The van der Waals surface area contributed by atoms with Gasteiger partial charge in [-0.15, -0.1) is 12.4 Å². The molecule has 0 saturated carbocycles. The maximum absolute atomic E-state index is 12.6. The third kappa shape index (κ3) is 4.73. The number of carbonyl (C=O) groups excluding carboxylic acids is 2. The first-order chi connectivity index (χ1) is 12.0. The van der Waals surface area contributed by atoms with Crippen molar-refractivity contribution in [2.75, 3.05) is 32.7 Å².